The van der Waals surface area contributed by atoms with Gasteiger partial charge in [-0.2, -0.15) is 0 Å². The third-order valence-electron chi connectivity index (χ3n) is 8.26. The van der Waals surface area contributed by atoms with Crippen LogP contribution >= 0.6 is 15.9 Å². The van der Waals surface area contributed by atoms with Gasteiger partial charge in [-0.15, -0.1) is 13.2 Å². The molecule has 3 saturated heterocycles. The van der Waals surface area contributed by atoms with Gasteiger partial charge in [0.05, 0.1) is 37.2 Å². The van der Waals surface area contributed by atoms with E-state index in [1.54, 1.807) is 17.1 Å². The maximum Gasteiger partial charge on any atom is 0.312 e. The summed E-state index contributed by atoms with van der Waals surface area (Å²) in [5.41, 5.74) is -0.266. The van der Waals surface area contributed by atoms with Gasteiger partial charge in [-0.05, 0) is 37.2 Å². The molecule has 8 nitrogen and oxygen atoms in total. The van der Waals surface area contributed by atoms with E-state index in [1.165, 1.54) is 4.90 Å². The topological polar surface area (TPSA) is 96.4 Å². The molecule has 3 aliphatic heterocycles. The number of alkyl halides is 1. The zero-order valence-electron chi connectivity index (χ0n) is 23.4. The van der Waals surface area contributed by atoms with E-state index >= 15 is 0 Å². The van der Waals surface area contributed by atoms with Crippen LogP contribution in [0, 0.1) is 17.8 Å². The molecule has 0 saturated carbocycles. The Kier molecular flexibility index (Phi) is 9.90. The average molecular weight is 618 g/mol. The lowest BCUT2D eigenvalue weighted by Crippen LogP contribution is -2.59. The predicted octanol–water partition coefficient (Wildman–Crippen LogP) is 3.87. The van der Waals surface area contributed by atoms with E-state index in [2.05, 4.69) is 29.1 Å². The summed E-state index contributed by atoms with van der Waals surface area (Å²) in [4.78, 5) is 45.3. The summed E-state index contributed by atoms with van der Waals surface area (Å²) < 4.78 is 12.2. The molecular formula is C31H41BrN2O6. The molecule has 1 N–H and O–H groups in total. The number of ether oxygens (including phenoxy) is 2. The summed E-state index contributed by atoms with van der Waals surface area (Å²) in [5.74, 6) is -2.62. The van der Waals surface area contributed by atoms with Crippen LogP contribution in [0.4, 0.5) is 0 Å². The first kappa shape index (κ1) is 30.5. The van der Waals surface area contributed by atoms with E-state index in [-0.39, 0.29) is 42.3 Å². The van der Waals surface area contributed by atoms with Crippen molar-refractivity contribution in [3.05, 3.63) is 61.2 Å². The molecule has 3 aliphatic rings. The van der Waals surface area contributed by atoms with Crippen LogP contribution in [0.1, 0.15) is 45.1 Å². The average Bonchev–Trinajstić information content (AvgIpc) is 3.53. The van der Waals surface area contributed by atoms with Gasteiger partial charge in [-0.25, -0.2) is 0 Å². The molecule has 9 heteroatoms. The summed E-state index contributed by atoms with van der Waals surface area (Å²) in [6, 6.07) is 8.05. The SMILES string of the molecule is C=CCCCOC(=O)[C@H]1[C@@H]2OC3(CC2Br)C(C(=O)N(CC=C)Cc2ccccc2)N([C@@H](CO)CC(C)C)C(=O)[C@H]13. The highest BCUT2D eigenvalue weighted by atomic mass is 79.9. The molecule has 3 heterocycles. The molecule has 0 aliphatic carbocycles. The molecule has 7 atom stereocenters. The lowest BCUT2D eigenvalue weighted by Gasteiger charge is -2.39. The molecule has 218 valence electrons. The zero-order valence-corrected chi connectivity index (χ0v) is 25.0. The second-order valence-electron chi connectivity index (χ2n) is 11.5. The third-order valence-corrected chi connectivity index (χ3v) is 9.10. The number of amides is 2. The Bertz CT molecular complexity index is 1100. The summed E-state index contributed by atoms with van der Waals surface area (Å²) in [7, 11) is 0. The van der Waals surface area contributed by atoms with Gasteiger partial charge in [-0.1, -0.05) is 72.3 Å². The van der Waals surface area contributed by atoms with E-state index in [9.17, 15) is 19.5 Å². The van der Waals surface area contributed by atoms with Crippen molar-refractivity contribution in [2.75, 3.05) is 19.8 Å². The van der Waals surface area contributed by atoms with Crippen molar-refractivity contribution in [3.63, 3.8) is 0 Å². The minimum absolute atomic E-state index is 0.166. The van der Waals surface area contributed by atoms with Crippen LogP contribution in [0.5, 0.6) is 0 Å². The number of hydrogen-bond acceptors (Lipinski definition) is 6. The standard InChI is InChI=1S/C31H41BrN2O6/c1-5-7-11-15-39-30(38)24-25-28(36)34(22(19-35)16-20(3)4)27(31(25)17-23(32)26(24)40-31)29(37)33(14-6-2)18-21-12-9-8-10-13-21/h5-6,8-10,12-13,20,22-27,35H,1-2,7,11,14-19H2,3-4H3/t22-,23?,24-,25+,26-,27?,31?/m1/s1. The number of rotatable bonds is 14. The highest BCUT2D eigenvalue weighted by Crippen LogP contribution is 2.61. The van der Waals surface area contributed by atoms with Crippen molar-refractivity contribution in [1.82, 2.24) is 9.80 Å². The van der Waals surface area contributed by atoms with Gasteiger partial charge in [0.2, 0.25) is 11.8 Å². The summed E-state index contributed by atoms with van der Waals surface area (Å²) >= 11 is 3.69. The fourth-order valence-electron chi connectivity index (χ4n) is 6.69. The van der Waals surface area contributed by atoms with E-state index in [0.717, 1.165) is 5.56 Å². The fraction of sp³-hybridized carbons (Fsp3) is 0.581. The first-order valence-corrected chi connectivity index (χ1v) is 15.1. The maximum atomic E-state index is 14.5. The Balaban J connectivity index is 1.74. The van der Waals surface area contributed by atoms with Crippen LogP contribution in [0.3, 0.4) is 0 Å². The third kappa shape index (κ3) is 5.65. The lowest BCUT2D eigenvalue weighted by molar-refractivity contribution is -0.156. The number of carbonyl (C=O) groups excluding carboxylic acids is 3. The molecule has 0 aromatic heterocycles. The lowest BCUT2D eigenvalue weighted by atomic mass is 9.70. The van der Waals surface area contributed by atoms with Crippen LogP contribution in [-0.4, -0.2) is 81.1 Å². The molecule has 1 aromatic rings. The molecule has 3 fully saturated rings. The van der Waals surface area contributed by atoms with E-state index in [4.69, 9.17) is 9.47 Å². The second kappa shape index (κ2) is 13.0. The van der Waals surface area contributed by atoms with Crippen molar-refractivity contribution in [2.45, 2.75) is 74.7 Å². The number of nitrogens with zero attached hydrogens (tertiary/aromatic N) is 2. The van der Waals surface area contributed by atoms with Crippen LogP contribution in [0.15, 0.2) is 55.6 Å². The minimum atomic E-state index is -1.21. The number of unbranched alkanes of at least 4 members (excludes halogenated alkanes) is 1. The Morgan fingerprint density at radius 1 is 1.27 bits per heavy atom. The number of carbonyl (C=O) groups is 3. The van der Waals surface area contributed by atoms with Gasteiger partial charge >= 0.3 is 5.97 Å². The van der Waals surface area contributed by atoms with E-state index in [1.807, 2.05) is 44.2 Å². The van der Waals surface area contributed by atoms with Gasteiger partial charge in [0.1, 0.15) is 11.6 Å². The summed E-state index contributed by atoms with van der Waals surface area (Å²) in [5, 5.41) is 10.5. The van der Waals surface area contributed by atoms with Crippen molar-refractivity contribution in [3.8, 4) is 0 Å². The molecule has 1 aromatic carbocycles. The van der Waals surface area contributed by atoms with Crippen molar-refractivity contribution >= 4 is 33.7 Å². The number of aliphatic hydroxyl groups is 1. The highest BCUT2D eigenvalue weighted by Gasteiger charge is 2.77. The predicted molar refractivity (Wildman–Crippen MR) is 155 cm³/mol. The normalized spacial score (nSPS) is 29.4. The Labute approximate surface area is 245 Å². The molecule has 1 spiro atoms. The van der Waals surface area contributed by atoms with Gasteiger partial charge in [-0.3, -0.25) is 14.4 Å². The number of fused-ring (bicyclic) bond motifs is 1. The van der Waals surface area contributed by atoms with Crippen LogP contribution in [-0.2, 0) is 30.4 Å². The molecule has 40 heavy (non-hydrogen) atoms. The second-order valence-corrected chi connectivity index (χ2v) is 12.6. The smallest absolute Gasteiger partial charge is 0.312 e. The largest absolute Gasteiger partial charge is 0.465 e. The molecule has 2 amide bonds. The number of halogens is 1. The molecule has 4 rings (SSSR count). The van der Waals surface area contributed by atoms with Crippen molar-refractivity contribution in [1.29, 1.82) is 0 Å². The molecule has 2 bridgehead atoms. The van der Waals surface area contributed by atoms with Gasteiger partial charge < -0.3 is 24.4 Å². The number of benzene rings is 1. The minimum Gasteiger partial charge on any atom is -0.465 e. The Morgan fingerprint density at radius 3 is 2.62 bits per heavy atom. The van der Waals surface area contributed by atoms with Gasteiger partial charge in [0.15, 0.2) is 0 Å². The number of allylic oxidation sites excluding steroid dienone is 1. The fourth-order valence-corrected chi connectivity index (χ4v) is 7.63. The first-order chi connectivity index (χ1) is 19.2. The highest BCUT2D eigenvalue weighted by molar-refractivity contribution is 9.09. The number of hydrogen-bond donors (Lipinski definition) is 1. The molecular weight excluding hydrogens is 576 g/mol. The molecule has 3 unspecified atom stereocenters. The van der Waals surface area contributed by atoms with E-state index in [0.29, 0.717) is 32.2 Å². The van der Waals surface area contributed by atoms with Gasteiger partial charge in [0.25, 0.3) is 0 Å². The van der Waals surface area contributed by atoms with E-state index < -0.39 is 41.6 Å². The maximum absolute atomic E-state index is 14.5. The molecule has 0 radical (unpaired) electrons. The zero-order chi connectivity index (χ0) is 29.0. The summed E-state index contributed by atoms with van der Waals surface area (Å²) in [6.07, 6.45) is 5.10. The quantitative estimate of drug-likeness (QED) is 0.148. The number of aliphatic hydroxyl groups excluding tert-OH is 1. The number of esters is 1. The first-order valence-electron chi connectivity index (χ1n) is 14.2. The Hall–Kier alpha value is -2.49. The van der Waals surface area contributed by atoms with Crippen LogP contribution in [0.2, 0.25) is 0 Å². The van der Waals surface area contributed by atoms with Crippen LogP contribution < -0.4 is 0 Å². The monoisotopic (exact) mass is 616 g/mol. The van der Waals surface area contributed by atoms with Gasteiger partial charge in [0, 0.05) is 17.9 Å². The number of likely N-dealkylation sites (tertiary alicyclic amines) is 1. The summed E-state index contributed by atoms with van der Waals surface area (Å²) in [6.45, 7) is 12.1. The van der Waals surface area contributed by atoms with Crippen LogP contribution in [0.25, 0.3) is 0 Å². The van der Waals surface area contributed by atoms with Crippen molar-refractivity contribution in [2.24, 2.45) is 17.8 Å². The Morgan fingerprint density at radius 2 is 2.00 bits per heavy atom. The van der Waals surface area contributed by atoms with Crippen molar-refractivity contribution < 1.29 is 29.0 Å².